The first-order chi connectivity index (χ1) is 9.54. The highest BCUT2D eigenvalue weighted by atomic mass is 16.5. The van der Waals surface area contributed by atoms with Crippen molar-refractivity contribution < 1.29 is 9.47 Å². The van der Waals surface area contributed by atoms with Gasteiger partial charge in [0.25, 0.3) is 0 Å². The van der Waals surface area contributed by atoms with E-state index in [2.05, 4.69) is 45.1 Å². The summed E-state index contributed by atoms with van der Waals surface area (Å²) in [6.45, 7) is 12.1. The number of nitrogens with one attached hydrogen (secondary N) is 1. The van der Waals surface area contributed by atoms with Crippen LogP contribution in [0.3, 0.4) is 0 Å². The zero-order chi connectivity index (χ0) is 15.0. The van der Waals surface area contributed by atoms with Gasteiger partial charge in [-0.25, -0.2) is 0 Å². The lowest BCUT2D eigenvalue weighted by Crippen LogP contribution is -2.19. The maximum atomic E-state index is 5.87. The summed E-state index contributed by atoms with van der Waals surface area (Å²) in [5.41, 5.74) is 3.75. The van der Waals surface area contributed by atoms with Crippen LogP contribution in [0.25, 0.3) is 0 Å². The standard InChI is InChI=1S/C17H29NO2/c1-13(2)11-18-12-16-9-14(3)17(15(4)10-16)20-8-6-7-19-5/h9-10,13,18H,6-8,11-12H2,1-5H3. The number of benzene rings is 1. The molecule has 0 bridgehead atoms. The second kappa shape index (κ2) is 8.98. The fourth-order valence-corrected chi connectivity index (χ4v) is 2.25. The van der Waals surface area contributed by atoms with Crippen LogP contribution in [0.5, 0.6) is 5.75 Å². The summed E-state index contributed by atoms with van der Waals surface area (Å²) < 4.78 is 10.9. The average molecular weight is 279 g/mol. The summed E-state index contributed by atoms with van der Waals surface area (Å²) in [5.74, 6) is 1.70. The van der Waals surface area contributed by atoms with Crippen molar-refractivity contribution >= 4 is 0 Å². The van der Waals surface area contributed by atoms with Crippen LogP contribution in [0.1, 0.15) is 37.0 Å². The zero-order valence-electron chi connectivity index (χ0n) is 13.6. The Morgan fingerprint density at radius 1 is 1.10 bits per heavy atom. The van der Waals surface area contributed by atoms with Gasteiger partial charge in [-0.15, -0.1) is 0 Å². The van der Waals surface area contributed by atoms with Crippen LogP contribution in [0.2, 0.25) is 0 Å². The summed E-state index contributed by atoms with van der Waals surface area (Å²) in [4.78, 5) is 0. The maximum Gasteiger partial charge on any atom is 0.125 e. The molecule has 0 aliphatic carbocycles. The molecule has 0 heterocycles. The molecule has 3 nitrogen and oxygen atoms in total. The first-order valence-electron chi connectivity index (χ1n) is 7.47. The Labute approximate surface area is 123 Å². The largest absolute Gasteiger partial charge is 0.493 e. The summed E-state index contributed by atoms with van der Waals surface area (Å²) in [7, 11) is 1.72. The van der Waals surface area contributed by atoms with Gasteiger partial charge in [-0.05, 0) is 43.0 Å². The first-order valence-corrected chi connectivity index (χ1v) is 7.47. The van der Waals surface area contributed by atoms with Crippen LogP contribution in [0.4, 0.5) is 0 Å². The lowest BCUT2D eigenvalue weighted by atomic mass is 10.1. The molecular weight excluding hydrogens is 250 g/mol. The average Bonchev–Trinajstić information content (AvgIpc) is 2.36. The molecule has 1 aromatic rings. The van der Waals surface area contributed by atoms with Gasteiger partial charge >= 0.3 is 0 Å². The number of hydrogen-bond acceptors (Lipinski definition) is 3. The fourth-order valence-electron chi connectivity index (χ4n) is 2.25. The fraction of sp³-hybridized carbons (Fsp3) is 0.647. The van der Waals surface area contributed by atoms with E-state index in [1.54, 1.807) is 7.11 Å². The van der Waals surface area contributed by atoms with Crippen molar-refractivity contribution in [1.82, 2.24) is 5.32 Å². The molecule has 0 spiro atoms. The van der Waals surface area contributed by atoms with Gasteiger partial charge in [0.2, 0.25) is 0 Å². The Hall–Kier alpha value is -1.06. The Morgan fingerprint density at radius 2 is 1.75 bits per heavy atom. The molecule has 0 aliphatic rings. The number of aryl methyl sites for hydroxylation is 2. The third kappa shape index (κ3) is 5.93. The van der Waals surface area contributed by atoms with Gasteiger partial charge in [-0.1, -0.05) is 26.0 Å². The molecule has 0 aromatic heterocycles. The van der Waals surface area contributed by atoms with Crippen molar-refractivity contribution in [2.24, 2.45) is 5.92 Å². The molecule has 0 aliphatic heterocycles. The molecule has 0 fully saturated rings. The topological polar surface area (TPSA) is 30.5 Å². The highest BCUT2D eigenvalue weighted by Gasteiger charge is 2.06. The van der Waals surface area contributed by atoms with Crippen molar-refractivity contribution in [1.29, 1.82) is 0 Å². The molecule has 1 rings (SSSR count). The second-order valence-corrected chi connectivity index (χ2v) is 5.78. The molecule has 3 heteroatoms. The number of methoxy groups -OCH3 is 1. The maximum absolute atomic E-state index is 5.87. The molecule has 0 atom stereocenters. The van der Waals surface area contributed by atoms with E-state index in [1.807, 2.05) is 0 Å². The van der Waals surface area contributed by atoms with Gasteiger partial charge in [0.05, 0.1) is 6.61 Å². The highest BCUT2D eigenvalue weighted by Crippen LogP contribution is 2.25. The lowest BCUT2D eigenvalue weighted by molar-refractivity contribution is 0.171. The van der Waals surface area contributed by atoms with Crippen LogP contribution < -0.4 is 10.1 Å². The van der Waals surface area contributed by atoms with Crippen LogP contribution in [0, 0.1) is 19.8 Å². The zero-order valence-corrected chi connectivity index (χ0v) is 13.6. The molecule has 0 amide bonds. The molecule has 0 unspecified atom stereocenters. The van der Waals surface area contributed by atoms with Gasteiger partial charge in [0.1, 0.15) is 5.75 Å². The number of ether oxygens (including phenoxy) is 2. The summed E-state index contributed by atoms with van der Waals surface area (Å²) in [5, 5.41) is 3.48. The van der Waals surface area contributed by atoms with Crippen LogP contribution in [0.15, 0.2) is 12.1 Å². The third-order valence-corrected chi connectivity index (χ3v) is 3.14. The Morgan fingerprint density at radius 3 is 2.30 bits per heavy atom. The molecule has 1 aromatic carbocycles. The van der Waals surface area contributed by atoms with Gasteiger partial charge in [-0.3, -0.25) is 0 Å². The Balaban J connectivity index is 2.56. The summed E-state index contributed by atoms with van der Waals surface area (Å²) >= 11 is 0. The minimum atomic E-state index is 0.681. The molecule has 1 N–H and O–H groups in total. The van der Waals surface area contributed by atoms with Gasteiger partial charge in [0.15, 0.2) is 0 Å². The SMILES string of the molecule is COCCCOc1c(C)cc(CNCC(C)C)cc1C. The Bertz CT molecular complexity index is 379. The second-order valence-electron chi connectivity index (χ2n) is 5.78. The van der Waals surface area contributed by atoms with Crippen LogP contribution in [-0.4, -0.2) is 26.9 Å². The van der Waals surface area contributed by atoms with Crippen LogP contribution >= 0.6 is 0 Å². The lowest BCUT2D eigenvalue weighted by Gasteiger charge is -2.15. The minimum Gasteiger partial charge on any atom is -0.493 e. The van der Waals surface area contributed by atoms with Crippen molar-refractivity contribution in [2.75, 3.05) is 26.9 Å². The Kier molecular flexibility index (Phi) is 7.63. The van der Waals surface area contributed by atoms with Crippen molar-refractivity contribution in [2.45, 2.75) is 40.7 Å². The van der Waals surface area contributed by atoms with Crippen molar-refractivity contribution in [3.8, 4) is 5.75 Å². The van der Waals surface area contributed by atoms with E-state index in [4.69, 9.17) is 9.47 Å². The number of rotatable bonds is 9. The van der Waals surface area contributed by atoms with Gasteiger partial charge in [-0.2, -0.15) is 0 Å². The monoisotopic (exact) mass is 279 g/mol. The predicted octanol–water partition coefficient (Wildman–Crippen LogP) is 3.46. The molecule has 0 radical (unpaired) electrons. The smallest absolute Gasteiger partial charge is 0.125 e. The van der Waals surface area contributed by atoms with E-state index in [1.165, 1.54) is 16.7 Å². The van der Waals surface area contributed by atoms with Gasteiger partial charge < -0.3 is 14.8 Å². The quantitative estimate of drug-likeness (QED) is 0.702. The summed E-state index contributed by atoms with van der Waals surface area (Å²) in [6, 6.07) is 4.43. The van der Waals surface area contributed by atoms with Crippen molar-refractivity contribution in [3.05, 3.63) is 28.8 Å². The van der Waals surface area contributed by atoms with E-state index in [9.17, 15) is 0 Å². The normalized spacial score (nSPS) is 11.1. The van der Waals surface area contributed by atoms with E-state index in [-0.39, 0.29) is 0 Å². The highest BCUT2D eigenvalue weighted by molar-refractivity contribution is 5.43. The molecular formula is C17H29NO2. The minimum absolute atomic E-state index is 0.681. The summed E-state index contributed by atoms with van der Waals surface area (Å²) in [6.07, 6.45) is 0.924. The van der Waals surface area contributed by atoms with E-state index < -0.39 is 0 Å². The number of hydrogen-bond donors (Lipinski definition) is 1. The third-order valence-electron chi connectivity index (χ3n) is 3.14. The predicted molar refractivity (Wildman–Crippen MR) is 84.4 cm³/mol. The van der Waals surface area contributed by atoms with Crippen LogP contribution in [-0.2, 0) is 11.3 Å². The molecule has 20 heavy (non-hydrogen) atoms. The van der Waals surface area contributed by atoms with Crippen molar-refractivity contribution in [3.63, 3.8) is 0 Å². The van der Waals surface area contributed by atoms with E-state index in [0.29, 0.717) is 12.5 Å². The van der Waals surface area contributed by atoms with E-state index in [0.717, 1.165) is 31.9 Å². The molecule has 0 saturated carbocycles. The first kappa shape index (κ1) is 17.0. The van der Waals surface area contributed by atoms with Gasteiger partial charge in [0, 0.05) is 26.7 Å². The molecule has 0 saturated heterocycles. The van der Waals surface area contributed by atoms with E-state index >= 15 is 0 Å². The molecule has 114 valence electrons.